The number of benzene rings is 4. The predicted octanol–water partition coefficient (Wildman–Crippen LogP) is 5.95. The standard InChI is InChI=1S/C28H23O3P/c1-30-22-13-16-24(17-14-22)32(29)26-19-23(31-2)15-18-25(26)27(20-9-5-3-6-10-20)28(32)21-11-7-4-8-12-21/h3-19H,1-2H3. The van der Waals surface area contributed by atoms with E-state index in [-0.39, 0.29) is 0 Å². The monoisotopic (exact) mass is 438 g/mol. The first kappa shape index (κ1) is 20.4. The molecule has 0 radical (unpaired) electrons. The zero-order valence-corrected chi connectivity index (χ0v) is 18.9. The summed E-state index contributed by atoms with van der Waals surface area (Å²) in [5, 5.41) is 2.44. The average molecular weight is 438 g/mol. The van der Waals surface area contributed by atoms with E-state index in [1.54, 1.807) is 14.2 Å². The maximum absolute atomic E-state index is 15.3. The summed E-state index contributed by atoms with van der Waals surface area (Å²) in [6.45, 7) is 0. The van der Waals surface area contributed by atoms with Gasteiger partial charge in [0.15, 0.2) is 7.14 Å². The van der Waals surface area contributed by atoms with Crippen molar-refractivity contribution >= 4 is 28.6 Å². The van der Waals surface area contributed by atoms with Gasteiger partial charge in [0.1, 0.15) is 11.5 Å². The molecule has 0 spiro atoms. The molecule has 0 amide bonds. The summed E-state index contributed by atoms with van der Waals surface area (Å²) in [4.78, 5) is 0. The van der Waals surface area contributed by atoms with Gasteiger partial charge < -0.3 is 14.0 Å². The van der Waals surface area contributed by atoms with Crippen LogP contribution in [0.1, 0.15) is 16.7 Å². The van der Waals surface area contributed by atoms with Crippen LogP contribution in [0.5, 0.6) is 11.5 Å². The summed E-state index contributed by atoms with van der Waals surface area (Å²) in [5.41, 5.74) is 3.99. The van der Waals surface area contributed by atoms with Crippen LogP contribution in [-0.4, -0.2) is 14.2 Å². The van der Waals surface area contributed by atoms with Crippen LogP contribution in [-0.2, 0) is 4.57 Å². The first-order chi connectivity index (χ1) is 15.7. The maximum Gasteiger partial charge on any atom is 0.172 e. The zero-order valence-electron chi connectivity index (χ0n) is 18.0. The summed E-state index contributed by atoms with van der Waals surface area (Å²) < 4.78 is 26.1. The molecule has 0 fully saturated rings. The van der Waals surface area contributed by atoms with E-state index >= 15 is 4.57 Å². The molecule has 0 saturated heterocycles. The Bertz CT molecular complexity index is 1340. The second kappa shape index (κ2) is 8.18. The second-order valence-electron chi connectivity index (χ2n) is 7.65. The summed E-state index contributed by atoms with van der Waals surface area (Å²) in [6.07, 6.45) is 0. The molecule has 32 heavy (non-hydrogen) atoms. The molecule has 5 rings (SSSR count). The van der Waals surface area contributed by atoms with Gasteiger partial charge in [-0.3, -0.25) is 0 Å². The second-order valence-corrected chi connectivity index (χ2v) is 10.3. The Hall–Kier alpha value is -3.55. The predicted molar refractivity (Wildman–Crippen MR) is 132 cm³/mol. The van der Waals surface area contributed by atoms with Gasteiger partial charge in [-0.25, -0.2) is 0 Å². The molecule has 0 bridgehead atoms. The van der Waals surface area contributed by atoms with Crippen LogP contribution < -0.4 is 20.1 Å². The van der Waals surface area contributed by atoms with Crippen molar-refractivity contribution in [2.45, 2.75) is 0 Å². The Kier molecular flexibility index (Phi) is 5.20. The van der Waals surface area contributed by atoms with E-state index in [0.29, 0.717) is 5.75 Å². The van der Waals surface area contributed by atoms with Gasteiger partial charge in [0.25, 0.3) is 0 Å². The Balaban J connectivity index is 1.90. The minimum Gasteiger partial charge on any atom is -0.497 e. The van der Waals surface area contributed by atoms with Crippen molar-refractivity contribution in [1.29, 1.82) is 0 Å². The lowest BCUT2D eigenvalue weighted by atomic mass is 9.95. The lowest BCUT2D eigenvalue weighted by Crippen LogP contribution is -2.16. The van der Waals surface area contributed by atoms with E-state index in [4.69, 9.17) is 9.47 Å². The highest BCUT2D eigenvalue weighted by molar-refractivity contribution is 7.88. The number of hydrogen-bond acceptors (Lipinski definition) is 3. The number of methoxy groups -OCH3 is 2. The van der Waals surface area contributed by atoms with E-state index in [0.717, 1.165) is 43.9 Å². The van der Waals surface area contributed by atoms with Crippen molar-refractivity contribution in [3.05, 3.63) is 120 Å². The highest BCUT2D eigenvalue weighted by Crippen LogP contribution is 2.65. The van der Waals surface area contributed by atoms with E-state index in [2.05, 4.69) is 12.1 Å². The first-order valence-electron chi connectivity index (χ1n) is 10.5. The fourth-order valence-electron chi connectivity index (χ4n) is 4.40. The molecule has 1 heterocycles. The SMILES string of the molecule is COc1ccc(P2(=O)C(c3ccccc3)=C(c3ccccc3)c3ccc(OC)cc32)cc1. The molecule has 4 aromatic carbocycles. The van der Waals surface area contributed by atoms with E-state index < -0.39 is 7.14 Å². The Morgan fingerprint density at radius 3 is 1.78 bits per heavy atom. The number of hydrogen-bond donors (Lipinski definition) is 0. The number of rotatable bonds is 5. The van der Waals surface area contributed by atoms with Crippen LogP contribution in [0.4, 0.5) is 0 Å². The van der Waals surface area contributed by atoms with E-state index in [1.807, 2.05) is 91.0 Å². The summed E-state index contributed by atoms with van der Waals surface area (Å²) in [5.74, 6) is 1.43. The molecule has 0 N–H and O–H groups in total. The fraction of sp³-hybridized carbons (Fsp3) is 0.0714. The molecular weight excluding hydrogens is 415 g/mol. The summed E-state index contributed by atoms with van der Waals surface area (Å²) in [6, 6.07) is 33.7. The molecule has 1 unspecified atom stereocenters. The van der Waals surface area contributed by atoms with Gasteiger partial charge in [-0.15, -0.1) is 0 Å². The van der Waals surface area contributed by atoms with Crippen LogP contribution >= 0.6 is 7.14 Å². The van der Waals surface area contributed by atoms with Crippen LogP contribution in [0.15, 0.2) is 103 Å². The zero-order chi connectivity index (χ0) is 22.1. The lowest BCUT2D eigenvalue weighted by Gasteiger charge is -2.20. The molecule has 4 aromatic rings. The van der Waals surface area contributed by atoms with Crippen molar-refractivity contribution in [3.63, 3.8) is 0 Å². The quantitative estimate of drug-likeness (QED) is 0.361. The molecular formula is C28H23O3P. The Labute approximate surface area is 188 Å². The summed E-state index contributed by atoms with van der Waals surface area (Å²) in [7, 11) is 0.0797. The van der Waals surface area contributed by atoms with Gasteiger partial charge in [-0.05, 0) is 59.2 Å². The van der Waals surface area contributed by atoms with Crippen LogP contribution in [0.25, 0.3) is 10.9 Å². The minimum absolute atomic E-state index is 0.694. The number of ether oxygens (including phenoxy) is 2. The van der Waals surface area contributed by atoms with Crippen molar-refractivity contribution < 1.29 is 14.0 Å². The lowest BCUT2D eigenvalue weighted by molar-refractivity contribution is 0.415. The third-order valence-electron chi connectivity index (χ3n) is 5.91. The minimum atomic E-state index is -3.19. The van der Waals surface area contributed by atoms with Crippen LogP contribution in [0, 0.1) is 0 Å². The summed E-state index contributed by atoms with van der Waals surface area (Å²) >= 11 is 0. The molecule has 1 aliphatic heterocycles. The molecule has 0 saturated carbocycles. The van der Waals surface area contributed by atoms with E-state index in [1.165, 1.54) is 0 Å². The van der Waals surface area contributed by atoms with Gasteiger partial charge in [0, 0.05) is 21.5 Å². The normalized spacial score (nSPS) is 17.2. The third kappa shape index (κ3) is 3.18. The van der Waals surface area contributed by atoms with E-state index in [9.17, 15) is 0 Å². The molecule has 1 aliphatic rings. The highest BCUT2D eigenvalue weighted by atomic mass is 31.2. The Morgan fingerprint density at radius 2 is 1.19 bits per heavy atom. The molecule has 158 valence electrons. The first-order valence-corrected chi connectivity index (χ1v) is 12.2. The molecule has 0 aromatic heterocycles. The molecule has 0 aliphatic carbocycles. The average Bonchev–Trinajstić information content (AvgIpc) is 3.14. The molecule has 4 heteroatoms. The van der Waals surface area contributed by atoms with Gasteiger partial charge in [0.05, 0.1) is 14.2 Å². The maximum atomic E-state index is 15.3. The van der Waals surface area contributed by atoms with Gasteiger partial charge in [0.2, 0.25) is 0 Å². The number of fused-ring (bicyclic) bond motifs is 1. The largest absolute Gasteiger partial charge is 0.497 e. The van der Waals surface area contributed by atoms with Gasteiger partial charge in [-0.2, -0.15) is 0 Å². The topological polar surface area (TPSA) is 35.5 Å². The Morgan fingerprint density at radius 1 is 0.625 bits per heavy atom. The van der Waals surface area contributed by atoms with Crippen LogP contribution in [0.2, 0.25) is 0 Å². The van der Waals surface area contributed by atoms with Gasteiger partial charge >= 0.3 is 0 Å². The third-order valence-corrected chi connectivity index (χ3v) is 9.10. The molecule has 3 nitrogen and oxygen atoms in total. The van der Waals surface area contributed by atoms with Crippen molar-refractivity contribution in [1.82, 2.24) is 0 Å². The van der Waals surface area contributed by atoms with Crippen LogP contribution in [0.3, 0.4) is 0 Å². The van der Waals surface area contributed by atoms with Crippen molar-refractivity contribution in [2.75, 3.05) is 14.2 Å². The van der Waals surface area contributed by atoms with Crippen molar-refractivity contribution in [3.8, 4) is 11.5 Å². The van der Waals surface area contributed by atoms with Gasteiger partial charge in [-0.1, -0.05) is 60.7 Å². The molecule has 1 atom stereocenters. The van der Waals surface area contributed by atoms with Crippen molar-refractivity contribution in [2.24, 2.45) is 0 Å². The smallest absolute Gasteiger partial charge is 0.172 e. The fourth-order valence-corrected chi connectivity index (χ4v) is 7.65. The highest BCUT2D eigenvalue weighted by Gasteiger charge is 2.43.